The minimum atomic E-state index is -4.51. The summed E-state index contributed by atoms with van der Waals surface area (Å²) in [6, 6.07) is 34.6. The van der Waals surface area contributed by atoms with Gasteiger partial charge >= 0.3 is 12.1 Å². The van der Waals surface area contributed by atoms with Crippen molar-refractivity contribution in [3.8, 4) is 34.0 Å². The lowest BCUT2D eigenvalue weighted by molar-refractivity contribution is -0.141. The van der Waals surface area contributed by atoms with E-state index < -0.39 is 23.6 Å². The summed E-state index contributed by atoms with van der Waals surface area (Å²) in [6.07, 6.45) is -4.32. The fourth-order valence-corrected chi connectivity index (χ4v) is 5.58. The molecule has 6 rings (SSSR count). The molecule has 10 nitrogen and oxygen atoms in total. The van der Waals surface area contributed by atoms with Crippen LogP contribution >= 0.6 is 0 Å². The van der Waals surface area contributed by atoms with E-state index in [0.717, 1.165) is 39.4 Å². The molecule has 0 saturated carbocycles. The number of amides is 2. The van der Waals surface area contributed by atoms with E-state index in [-0.39, 0.29) is 25.1 Å². The number of nitrogens with one attached hydrogen (secondary N) is 1. The summed E-state index contributed by atoms with van der Waals surface area (Å²) in [5.74, 6) is -0.665. The largest absolute Gasteiger partial charge is 0.480 e. The molecular formula is C43H40F3N5O5. The zero-order chi connectivity index (χ0) is 40.4. The average molecular weight is 764 g/mol. The molecule has 0 spiro atoms. The lowest BCUT2D eigenvalue weighted by atomic mass is 10.0. The number of halogens is 3. The number of aryl methyl sites for hydroxylation is 2. The lowest BCUT2D eigenvalue weighted by Gasteiger charge is -2.18. The van der Waals surface area contributed by atoms with Gasteiger partial charge in [-0.2, -0.15) is 18.2 Å². The number of hydrogen-bond donors (Lipinski definition) is 2. The average Bonchev–Trinajstić information content (AvgIpc) is 3.66. The minimum Gasteiger partial charge on any atom is -0.480 e. The van der Waals surface area contributed by atoms with E-state index in [9.17, 15) is 27.6 Å². The number of hydrogen-bond acceptors (Lipinski definition) is 7. The first kappa shape index (κ1) is 40.4. The van der Waals surface area contributed by atoms with Gasteiger partial charge in [0.1, 0.15) is 6.54 Å². The maximum atomic E-state index is 13.3. The van der Waals surface area contributed by atoms with Gasteiger partial charge in [-0.15, -0.1) is 0 Å². The molecular weight excluding hydrogens is 723 g/mol. The molecule has 6 aromatic rings. The van der Waals surface area contributed by atoms with Gasteiger partial charge in [-0.1, -0.05) is 95.1 Å². The molecule has 288 valence electrons. The van der Waals surface area contributed by atoms with Crippen molar-refractivity contribution < 1.29 is 37.2 Å². The molecule has 0 aliphatic heterocycles. The van der Waals surface area contributed by atoms with Crippen molar-refractivity contribution in [2.24, 2.45) is 0 Å². The fourth-order valence-electron chi connectivity index (χ4n) is 5.58. The summed E-state index contributed by atoms with van der Waals surface area (Å²) in [6.45, 7) is 3.84. The Hall–Kier alpha value is -6.76. The standard InChI is InChI=1S/C25H21N3O4.C18H19F3N2O/c1-17-2-6-19(7-3-17)20-10-12-22(13-11-20)25-26-24(27-32-25)21-8-4-18(5-9-21)14-28(16-29)15-23(30)31;1-12-4-7-14(8-5-12)22-17(24)10-13-6-9-15(23(2)3)11-16(13)18(19,20)21/h2-13,16H,14-15H2,1H3,(H,30,31);4-9,11H,10H2,1-3H3,(H,22,24). The highest BCUT2D eigenvalue weighted by molar-refractivity contribution is 5.92. The highest BCUT2D eigenvalue weighted by Gasteiger charge is 2.34. The number of anilines is 2. The number of carboxylic acid groups (broad SMARTS) is 1. The van der Waals surface area contributed by atoms with E-state index in [1.807, 2.05) is 55.5 Å². The number of alkyl halides is 3. The second-order valence-corrected chi connectivity index (χ2v) is 13.3. The molecule has 5 aromatic carbocycles. The van der Waals surface area contributed by atoms with Crippen LogP contribution in [0.3, 0.4) is 0 Å². The number of rotatable bonds is 12. The quantitative estimate of drug-likeness (QED) is 0.119. The van der Waals surface area contributed by atoms with Crippen molar-refractivity contribution in [3.63, 3.8) is 0 Å². The molecule has 0 aliphatic rings. The Kier molecular flexibility index (Phi) is 13.0. The van der Waals surface area contributed by atoms with Gasteiger partial charge in [-0.05, 0) is 72.5 Å². The van der Waals surface area contributed by atoms with E-state index in [1.165, 1.54) is 16.5 Å². The normalized spacial score (nSPS) is 10.9. The van der Waals surface area contributed by atoms with Crippen LogP contribution in [0.4, 0.5) is 24.5 Å². The zero-order valence-electron chi connectivity index (χ0n) is 31.2. The Balaban J connectivity index is 0.000000224. The Labute approximate surface area is 322 Å². The molecule has 0 atom stereocenters. The molecule has 2 N–H and O–H groups in total. The number of aliphatic carboxylic acids is 1. The zero-order valence-corrected chi connectivity index (χ0v) is 31.2. The van der Waals surface area contributed by atoms with Crippen LogP contribution in [0.1, 0.15) is 27.8 Å². The highest BCUT2D eigenvalue weighted by Crippen LogP contribution is 2.35. The summed E-state index contributed by atoms with van der Waals surface area (Å²) in [4.78, 5) is 41.1. The van der Waals surface area contributed by atoms with Crippen molar-refractivity contribution in [2.75, 3.05) is 30.9 Å². The number of carbonyl (C=O) groups excluding carboxylic acids is 2. The van der Waals surface area contributed by atoms with E-state index in [2.05, 4.69) is 46.6 Å². The topological polar surface area (TPSA) is 129 Å². The molecule has 0 aliphatic carbocycles. The first-order valence-electron chi connectivity index (χ1n) is 17.4. The van der Waals surface area contributed by atoms with Crippen LogP contribution in [0, 0.1) is 13.8 Å². The Morgan fingerprint density at radius 2 is 1.34 bits per heavy atom. The number of carboxylic acids is 1. The van der Waals surface area contributed by atoms with Gasteiger partial charge < -0.3 is 24.7 Å². The SMILES string of the molecule is Cc1ccc(-c2ccc(-c3nc(-c4ccc(CN(C=O)CC(=O)O)cc4)no3)cc2)cc1.Cc1ccc(NC(=O)Cc2ccc(N(C)C)cc2C(F)(F)F)cc1. The van der Waals surface area contributed by atoms with Crippen LogP contribution < -0.4 is 10.2 Å². The van der Waals surface area contributed by atoms with Crippen molar-refractivity contribution in [3.05, 3.63) is 143 Å². The number of benzene rings is 5. The van der Waals surface area contributed by atoms with E-state index in [4.69, 9.17) is 9.63 Å². The van der Waals surface area contributed by atoms with E-state index >= 15 is 0 Å². The summed E-state index contributed by atoms with van der Waals surface area (Å²) in [5, 5.41) is 15.5. The molecule has 0 unspecified atom stereocenters. The third-order valence-electron chi connectivity index (χ3n) is 8.63. The molecule has 0 bridgehead atoms. The van der Waals surface area contributed by atoms with Crippen molar-refractivity contribution >= 4 is 29.7 Å². The first-order chi connectivity index (χ1) is 26.7. The molecule has 1 aromatic heterocycles. The van der Waals surface area contributed by atoms with Crippen LogP contribution in [0.2, 0.25) is 0 Å². The molecule has 0 saturated heterocycles. The van der Waals surface area contributed by atoms with Crippen molar-refractivity contribution in [1.29, 1.82) is 0 Å². The Morgan fingerprint density at radius 1 is 0.786 bits per heavy atom. The van der Waals surface area contributed by atoms with Gasteiger partial charge in [-0.25, -0.2) is 0 Å². The monoisotopic (exact) mass is 763 g/mol. The van der Waals surface area contributed by atoms with Crippen LogP contribution in [-0.2, 0) is 33.5 Å². The maximum absolute atomic E-state index is 13.3. The van der Waals surface area contributed by atoms with E-state index in [0.29, 0.717) is 29.5 Å². The highest BCUT2D eigenvalue weighted by atomic mass is 19.4. The fraction of sp³-hybridized carbons (Fsp3) is 0.186. The number of aromatic nitrogens is 2. The van der Waals surface area contributed by atoms with Gasteiger partial charge in [0.15, 0.2) is 0 Å². The van der Waals surface area contributed by atoms with Crippen molar-refractivity contribution in [2.45, 2.75) is 33.0 Å². The Bertz CT molecular complexity index is 2250. The summed E-state index contributed by atoms with van der Waals surface area (Å²) < 4.78 is 45.2. The van der Waals surface area contributed by atoms with Crippen LogP contribution in [-0.4, -0.2) is 59.1 Å². The predicted octanol–water partition coefficient (Wildman–Crippen LogP) is 8.68. The summed E-state index contributed by atoms with van der Waals surface area (Å²) in [5.41, 5.74) is 7.06. The van der Waals surface area contributed by atoms with Gasteiger partial charge in [0, 0.05) is 43.1 Å². The number of nitrogens with zero attached hydrogens (tertiary/aromatic N) is 4. The third-order valence-corrected chi connectivity index (χ3v) is 8.63. The van der Waals surface area contributed by atoms with E-state index in [1.54, 1.807) is 49.3 Å². The maximum Gasteiger partial charge on any atom is 0.416 e. The van der Waals surface area contributed by atoms with Gasteiger partial charge in [0.2, 0.25) is 18.1 Å². The second kappa shape index (κ2) is 18.0. The van der Waals surface area contributed by atoms with Crippen LogP contribution in [0.5, 0.6) is 0 Å². The number of carbonyl (C=O) groups is 3. The van der Waals surface area contributed by atoms with Crippen LogP contribution in [0.25, 0.3) is 34.0 Å². The summed E-state index contributed by atoms with van der Waals surface area (Å²) in [7, 11) is 3.33. The first-order valence-corrected chi connectivity index (χ1v) is 17.4. The Morgan fingerprint density at radius 3 is 1.89 bits per heavy atom. The van der Waals surface area contributed by atoms with Gasteiger partial charge in [0.25, 0.3) is 5.89 Å². The van der Waals surface area contributed by atoms with Gasteiger partial charge in [0.05, 0.1) is 12.0 Å². The summed E-state index contributed by atoms with van der Waals surface area (Å²) >= 11 is 0. The van der Waals surface area contributed by atoms with Crippen LogP contribution in [0.15, 0.2) is 120 Å². The molecule has 0 fully saturated rings. The second-order valence-electron chi connectivity index (χ2n) is 13.3. The molecule has 56 heavy (non-hydrogen) atoms. The lowest BCUT2D eigenvalue weighted by Crippen LogP contribution is -2.27. The molecule has 1 heterocycles. The minimum absolute atomic E-state index is 0.0438. The predicted molar refractivity (Wildman–Crippen MR) is 209 cm³/mol. The molecule has 13 heteroatoms. The molecule has 2 amide bonds. The van der Waals surface area contributed by atoms with Gasteiger partial charge in [-0.3, -0.25) is 14.4 Å². The smallest absolute Gasteiger partial charge is 0.416 e. The van der Waals surface area contributed by atoms with Crippen molar-refractivity contribution in [1.82, 2.24) is 15.0 Å². The molecule has 0 radical (unpaired) electrons. The third kappa shape index (κ3) is 11.1.